The minimum Gasteiger partial charge on any atom is -0.424 e. The number of aliphatic hydroxyl groups is 2. The van der Waals surface area contributed by atoms with Gasteiger partial charge in [0.25, 0.3) is 0 Å². The zero-order chi connectivity index (χ0) is 87.0. The number of para-hydroxylation sites is 3. The fourth-order valence-electron chi connectivity index (χ4n) is 16.5. The van der Waals surface area contributed by atoms with Crippen molar-refractivity contribution in [1.82, 2.24) is 73.3 Å². The molecule has 8 fully saturated rings. The summed E-state index contributed by atoms with van der Waals surface area (Å²) in [6, 6.07) is 26.1. The van der Waals surface area contributed by atoms with E-state index in [4.69, 9.17) is 91.3 Å². The van der Waals surface area contributed by atoms with E-state index in [1.165, 1.54) is 46.9 Å². The number of nitrogens with zero attached hydrogens (tertiary/aromatic N) is 15. The molecule has 11 heterocycles. The number of benzene rings is 3. The fraction of sp³-hybridized carbons (Fsp3) is 0.538. The van der Waals surface area contributed by atoms with Crippen LogP contribution in [0.15, 0.2) is 110 Å². The van der Waals surface area contributed by atoms with Crippen LogP contribution in [0.2, 0.25) is 15.9 Å². The normalized spacial score (nSPS) is 25.4. The van der Waals surface area contributed by atoms with Crippen molar-refractivity contribution in [3.63, 3.8) is 0 Å². The molecule has 5 aliphatic heterocycles. The highest BCUT2D eigenvalue weighted by molar-refractivity contribution is 7.55. The van der Waals surface area contributed by atoms with Crippen molar-refractivity contribution in [1.29, 1.82) is 0 Å². The van der Waals surface area contributed by atoms with Crippen molar-refractivity contribution >= 4 is 126 Å². The molecule has 3 saturated carbocycles. The number of nitrogens with one attached hydrogen (secondary N) is 3. The number of imidazole rings is 3. The molecule has 123 heavy (non-hydrogen) atoms. The smallest absolute Gasteiger partial charge is 0.424 e. The molecule has 39 nitrogen and oxygen atoms in total. The van der Waals surface area contributed by atoms with Gasteiger partial charge in [-0.15, -0.1) is 0 Å². The Morgan fingerprint density at radius 2 is 0.764 bits per heavy atom. The number of anilines is 3. The molecule has 3 aromatic carbocycles. The molecular formula is C78H98Cl3N18O21P3. The summed E-state index contributed by atoms with van der Waals surface area (Å²) in [4.78, 5) is 111. The maximum atomic E-state index is 14.1. The SMILES string of the molecule is CN(C[C@H]1O[C@@H](n2cnc3c(NC4CCCC4)nc(Cl)nc32)[C@@H]2OC(C)(C)O[C@@H]21)C(=O)CP(=O)(O)O.CN(C[C@H]1O[C@@H](n2cnc3c(NC4CCCC4)nc(Cl)nc32)[C@@H]2OC(C)(C)O[C@@H]21)C(=O)CP(=O)(Oc1ccccc1)Oc1ccccc1.CN(C[C@H]1O[C@@H](n2cnc3c(NC4CCCC4)nc(Cl)nc32)[C@H](O)[C@@H]1O)C(=O)CP(=O)(O)Oc1ccccc1. The molecule has 8 aliphatic rings. The topological polar surface area (TPSA) is 472 Å². The van der Waals surface area contributed by atoms with Gasteiger partial charge in [-0.25, -0.2) is 24.1 Å². The van der Waals surface area contributed by atoms with Gasteiger partial charge in [0, 0.05) is 58.9 Å². The molecule has 3 amide bonds. The number of hydrogen-bond acceptors (Lipinski definition) is 30. The second-order valence-electron chi connectivity index (χ2n) is 32.6. The Morgan fingerprint density at radius 1 is 0.447 bits per heavy atom. The summed E-state index contributed by atoms with van der Waals surface area (Å²) in [6.45, 7) is 7.25. The maximum Gasteiger partial charge on any atom is 0.440 e. The average Bonchev–Trinajstić information content (AvgIpc) is 1.59. The lowest BCUT2D eigenvalue weighted by molar-refractivity contribution is -0.198. The molecule has 0 spiro atoms. The number of hydrogen-bond donors (Lipinski definition) is 8. The Kier molecular flexibility index (Phi) is 27.1. The van der Waals surface area contributed by atoms with Gasteiger partial charge in [-0.05, 0) is 137 Å². The zero-order valence-corrected chi connectivity index (χ0v) is 73.2. The standard InChI is InChI=1S/C33H38ClN6O7P.C24H30ClN6O7P.C21H30ClN6O7P/c1-33(2)44-27-24(18-39(3)25(41)19-48(42,46-22-14-6-4-7-15-22)47-23-16-8-5-9-17-23)43-31(28(27)45-33)40-20-35-26-29(36-21-12-10-11-13-21)37-32(34)38-30(26)40;1-30(17(32)12-39(35,36)38-15-9-3-2-4-10-15)11-16-19(33)20(34)23(37-16)31-13-26-18-21(27-14-7-5-6-8-14)28-24(25)29-22(18)31;1-21(2)34-15-12(8-27(3)13(29)9-36(30,31)32)33-19(16(15)35-21)28-10-23-14-17(24-11-6-4-5-7-11)25-20(22)26-18(14)28/h4-9,14-17,20-21,24,27-28,31H,10-13,18-19H2,1-3H3,(H,36,37,38);2-4,9-10,13-14,16,19-20,23,33-34H,5-8,11-12H2,1H3,(H,35,36)(H,27,28,29);10-12,15-16,19H,4-9H2,1-3H3,(H,24,25,26)(H2,30,31,32)/t24-,27-,28-,31-;16-,19-,20-,23-;12-,15-,16-,19-/m111/s1. The minimum atomic E-state index is -4.50. The number of likely N-dealkylation sites (N-methyl/N-ethyl adjacent to an activating group) is 3. The van der Waals surface area contributed by atoms with E-state index >= 15 is 0 Å². The van der Waals surface area contributed by atoms with E-state index in [0.717, 1.165) is 81.9 Å². The van der Waals surface area contributed by atoms with Crippen molar-refractivity contribution in [3.8, 4) is 17.2 Å². The van der Waals surface area contributed by atoms with Crippen molar-refractivity contribution in [3.05, 3.63) is 126 Å². The molecule has 6 aromatic heterocycles. The molecule has 13 atom stereocenters. The minimum absolute atomic E-state index is 0.00850. The number of ether oxygens (including phenoxy) is 7. The van der Waals surface area contributed by atoms with Crippen LogP contribution in [0.25, 0.3) is 33.5 Å². The Hall–Kier alpha value is -8.40. The highest BCUT2D eigenvalue weighted by Gasteiger charge is 2.59. The van der Waals surface area contributed by atoms with Crippen molar-refractivity contribution < 1.29 is 99.7 Å². The van der Waals surface area contributed by atoms with Crippen LogP contribution in [0.3, 0.4) is 0 Å². The average molecular weight is 1820 g/mol. The molecule has 8 N–H and O–H groups in total. The molecule has 662 valence electrons. The van der Waals surface area contributed by atoms with Crippen molar-refractivity contribution in [2.75, 3.05) is 75.2 Å². The first kappa shape index (κ1) is 89.4. The van der Waals surface area contributed by atoms with Crippen LogP contribution in [0.5, 0.6) is 17.2 Å². The number of rotatable bonds is 27. The molecule has 3 aliphatic carbocycles. The lowest BCUT2D eigenvalue weighted by Crippen LogP contribution is -2.42. The lowest BCUT2D eigenvalue weighted by atomic mass is 10.1. The van der Waals surface area contributed by atoms with Gasteiger partial charge in [-0.2, -0.15) is 29.9 Å². The van der Waals surface area contributed by atoms with Gasteiger partial charge in [0.2, 0.25) is 33.6 Å². The summed E-state index contributed by atoms with van der Waals surface area (Å²) in [5, 5.41) is 32.0. The summed E-state index contributed by atoms with van der Waals surface area (Å²) < 4.78 is 103. The van der Waals surface area contributed by atoms with Crippen LogP contribution < -0.4 is 29.5 Å². The van der Waals surface area contributed by atoms with Gasteiger partial charge in [0.05, 0.1) is 19.0 Å². The molecule has 0 radical (unpaired) electrons. The Bertz CT molecular complexity index is 5360. The van der Waals surface area contributed by atoms with E-state index in [2.05, 4.69) is 60.8 Å². The monoisotopic (exact) mass is 1820 g/mol. The third-order valence-electron chi connectivity index (χ3n) is 22.3. The third-order valence-corrected chi connectivity index (χ3v) is 26.3. The maximum absolute atomic E-state index is 14.1. The van der Waals surface area contributed by atoms with Crippen LogP contribution in [0, 0.1) is 0 Å². The Balaban J connectivity index is 0.000000145. The number of halogens is 3. The van der Waals surface area contributed by atoms with E-state index in [-0.39, 0.29) is 47.3 Å². The fourth-order valence-corrected chi connectivity index (χ4v) is 20.3. The number of aromatic nitrogens is 12. The highest BCUT2D eigenvalue weighted by atomic mass is 35.5. The molecule has 5 saturated heterocycles. The van der Waals surface area contributed by atoms with Crippen LogP contribution in [-0.2, 0) is 61.2 Å². The first-order valence-electron chi connectivity index (χ1n) is 40.5. The third kappa shape index (κ3) is 21.3. The van der Waals surface area contributed by atoms with E-state index in [9.17, 15) is 43.2 Å². The van der Waals surface area contributed by atoms with Gasteiger partial charge in [0.15, 0.2) is 87.4 Å². The molecular weight excluding hydrogens is 1720 g/mol. The number of aliphatic hydroxyl groups excluding tert-OH is 2. The second kappa shape index (κ2) is 37.3. The van der Waals surface area contributed by atoms with E-state index in [1.54, 1.807) is 109 Å². The summed E-state index contributed by atoms with van der Waals surface area (Å²) >= 11 is 18.9. The largest absolute Gasteiger partial charge is 0.440 e. The molecule has 0 bridgehead atoms. The lowest BCUT2D eigenvalue weighted by Gasteiger charge is -2.28. The van der Waals surface area contributed by atoms with E-state index in [0.29, 0.717) is 74.5 Å². The van der Waals surface area contributed by atoms with Crippen molar-refractivity contribution in [2.24, 2.45) is 0 Å². The Morgan fingerprint density at radius 3 is 1.13 bits per heavy atom. The predicted molar refractivity (Wildman–Crippen MR) is 448 cm³/mol. The first-order valence-corrected chi connectivity index (χ1v) is 46.9. The zero-order valence-electron chi connectivity index (χ0n) is 68.2. The Labute approximate surface area is 721 Å². The van der Waals surface area contributed by atoms with Gasteiger partial charge in [-0.3, -0.25) is 32.6 Å². The van der Waals surface area contributed by atoms with Gasteiger partial charge < -0.3 is 102 Å². The molecule has 17 rings (SSSR count). The molecule has 45 heteroatoms. The van der Waals surface area contributed by atoms with Crippen molar-refractivity contribution in [2.45, 2.75) is 208 Å². The van der Waals surface area contributed by atoms with E-state index in [1.807, 2.05) is 26.0 Å². The van der Waals surface area contributed by atoms with Gasteiger partial charge >= 0.3 is 22.8 Å². The summed E-state index contributed by atoms with van der Waals surface area (Å²) in [7, 11) is -8.29. The van der Waals surface area contributed by atoms with Crippen LogP contribution >= 0.6 is 57.6 Å². The van der Waals surface area contributed by atoms with Crippen LogP contribution in [0.1, 0.15) is 123 Å². The highest BCUT2D eigenvalue weighted by Crippen LogP contribution is 2.51. The van der Waals surface area contributed by atoms with Gasteiger partial charge in [-0.1, -0.05) is 93.1 Å². The van der Waals surface area contributed by atoms with Crippen LogP contribution in [-0.4, -0.2) is 260 Å². The predicted octanol–water partition coefficient (Wildman–Crippen LogP) is 10.1. The molecule has 1 unspecified atom stereocenters. The van der Waals surface area contributed by atoms with Gasteiger partial charge in [0.1, 0.15) is 84.5 Å². The summed E-state index contributed by atoms with van der Waals surface area (Å²) in [5.74, 6) is -1.20. The second-order valence-corrected chi connectivity index (χ2v) is 38.9. The quantitative estimate of drug-likeness (QED) is 0.0175. The number of fused-ring (bicyclic) bond motifs is 5. The number of carbonyl (C=O) groups excluding carboxylic acids is 3. The molecule has 9 aromatic rings. The first-order chi connectivity index (χ1) is 58.6. The summed E-state index contributed by atoms with van der Waals surface area (Å²) in [6.07, 6.45) is 6.06. The van der Waals surface area contributed by atoms with Crippen LogP contribution in [0.4, 0.5) is 17.5 Å². The van der Waals surface area contributed by atoms with E-state index < -0.39 is 144 Å². The number of amides is 3. The number of carbonyl (C=O) groups is 3. The summed E-state index contributed by atoms with van der Waals surface area (Å²) in [5.41, 5.74) is 2.87.